The van der Waals surface area contributed by atoms with Gasteiger partial charge in [-0.25, -0.2) is 0 Å². The molecule has 31 heavy (non-hydrogen) atoms. The second-order valence-corrected chi connectivity index (χ2v) is 8.09. The van der Waals surface area contributed by atoms with Gasteiger partial charge in [-0.05, 0) is 42.1 Å². The lowest BCUT2D eigenvalue weighted by Crippen LogP contribution is -2.45. The molecule has 0 saturated heterocycles. The number of hydrogen-bond donors (Lipinski definition) is 3. The van der Waals surface area contributed by atoms with Gasteiger partial charge in [0.25, 0.3) is 11.8 Å². The standard InChI is InChI=1S/C23H21N3O4S/c1-14-21(27)25-17-13-16(9-10-19(17)30-14)24-22(28)18(12-15-6-3-2-4-7-15)26-23(29)20-8-5-11-31-20/h2-11,13-14,18H,12H2,1H3,(H,24,28)(H,25,27)(H,26,29)/t14-,18-/m1/s1. The van der Waals surface area contributed by atoms with Crippen LogP contribution in [0.1, 0.15) is 22.2 Å². The third-order valence-electron chi connectivity index (χ3n) is 4.83. The zero-order valence-corrected chi connectivity index (χ0v) is 17.6. The molecule has 3 amide bonds. The Morgan fingerprint density at radius 1 is 1.13 bits per heavy atom. The number of thiophene rings is 1. The maximum absolute atomic E-state index is 13.1. The van der Waals surface area contributed by atoms with Gasteiger partial charge in [-0.2, -0.15) is 0 Å². The highest BCUT2D eigenvalue weighted by Gasteiger charge is 2.25. The monoisotopic (exact) mass is 435 g/mol. The van der Waals surface area contributed by atoms with Crippen LogP contribution in [0.15, 0.2) is 66.0 Å². The molecule has 0 saturated carbocycles. The maximum Gasteiger partial charge on any atom is 0.265 e. The Labute approximate surface area is 183 Å². The van der Waals surface area contributed by atoms with E-state index in [1.54, 1.807) is 37.3 Å². The molecule has 1 aromatic heterocycles. The number of carbonyl (C=O) groups excluding carboxylic acids is 3. The third-order valence-corrected chi connectivity index (χ3v) is 5.70. The Bertz CT molecular complexity index is 1100. The van der Waals surface area contributed by atoms with Crippen molar-refractivity contribution < 1.29 is 19.1 Å². The highest BCUT2D eigenvalue weighted by Crippen LogP contribution is 2.32. The second-order valence-electron chi connectivity index (χ2n) is 7.14. The molecule has 3 N–H and O–H groups in total. The zero-order chi connectivity index (χ0) is 21.8. The van der Waals surface area contributed by atoms with Crippen LogP contribution in [0.2, 0.25) is 0 Å². The first kappa shape index (κ1) is 20.6. The van der Waals surface area contributed by atoms with E-state index in [0.29, 0.717) is 28.4 Å². The molecule has 0 unspecified atom stereocenters. The van der Waals surface area contributed by atoms with Crippen molar-refractivity contribution in [1.82, 2.24) is 5.32 Å². The van der Waals surface area contributed by atoms with Crippen LogP contribution in [0.4, 0.5) is 11.4 Å². The van der Waals surface area contributed by atoms with Gasteiger partial charge in [-0.15, -0.1) is 11.3 Å². The molecule has 2 aromatic carbocycles. The van der Waals surface area contributed by atoms with Crippen LogP contribution >= 0.6 is 11.3 Å². The van der Waals surface area contributed by atoms with Gasteiger partial charge in [0.1, 0.15) is 11.8 Å². The number of nitrogens with one attached hydrogen (secondary N) is 3. The molecular formula is C23H21N3O4S. The molecule has 4 rings (SSSR count). The van der Waals surface area contributed by atoms with Gasteiger partial charge >= 0.3 is 0 Å². The normalized spacial score (nSPS) is 15.8. The van der Waals surface area contributed by atoms with Crippen molar-refractivity contribution in [2.24, 2.45) is 0 Å². The number of hydrogen-bond acceptors (Lipinski definition) is 5. The summed E-state index contributed by atoms with van der Waals surface area (Å²) in [6.07, 6.45) is -0.234. The quantitative estimate of drug-likeness (QED) is 0.553. The number of carbonyl (C=O) groups is 3. The predicted molar refractivity (Wildman–Crippen MR) is 120 cm³/mol. The fraction of sp³-hybridized carbons (Fsp3) is 0.174. The summed E-state index contributed by atoms with van der Waals surface area (Å²) in [6, 6.07) is 17.2. The minimum atomic E-state index is -0.779. The SMILES string of the molecule is C[C@H]1Oc2ccc(NC(=O)[C@@H](Cc3ccccc3)NC(=O)c3cccs3)cc2NC1=O. The lowest BCUT2D eigenvalue weighted by Gasteiger charge is -2.24. The molecule has 0 fully saturated rings. The largest absolute Gasteiger partial charge is 0.479 e. The van der Waals surface area contributed by atoms with E-state index in [9.17, 15) is 14.4 Å². The molecule has 2 heterocycles. The van der Waals surface area contributed by atoms with Gasteiger partial charge in [0, 0.05) is 12.1 Å². The van der Waals surface area contributed by atoms with Crippen molar-refractivity contribution in [3.63, 3.8) is 0 Å². The molecule has 0 aliphatic carbocycles. The summed E-state index contributed by atoms with van der Waals surface area (Å²) < 4.78 is 5.54. The first-order valence-electron chi connectivity index (χ1n) is 9.80. The second kappa shape index (κ2) is 9.01. The molecule has 158 valence electrons. The summed E-state index contributed by atoms with van der Waals surface area (Å²) >= 11 is 1.31. The van der Waals surface area contributed by atoms with Crippen LogP contribution in [0.5, 0.6) is 5.75 Å². The van der Waals surface area contributed by atoms with Crippen molar-refractivity contribution in [1.29, 1.82) is 0 Å². The summed E-state index contributed by atoms with van der Waals surface area (Å²) in [5.41, 5.74) is 1.91. The summed E-state index contributed by atoms with van der Waals surface area (Å²) in [5, 5.41) is 10.2. The number of ether oxygens (including phenoxy) is 1. The van der Waals surface area contributed by atoms with Crippen LogP contribution in [-0.2, 0) is 16.0 Å². The van der Waals surface area contributed by atoms with Gasteiger partial charge in [0.05, 0.1) is 10.6 Å². The van der Waals surface area contributed by atoms with E-state index in [4.69, 9.17) is 4.74 Å². The van der Waals surface area contributed by atoms with Crippen LogP contribution in [0.3, 0.4) is 0 Å². The average molecular weight is 436 g/mol. The summed E-state index contributed by atoms with van der Waals surface area (Å²) in [6.45, 7) is 1.67. The van der Waals surface area contributed by atoms with Crippen molar-refractivity contribution >= 4 is 40.4 Å². The van der Waals surface area contributed by atoms with E-state index in [-0.39, 0.29) is 17.7 Å². The van der Waals surface area contributed by atoms with Crippen LogP contribution in [0, 0.1) is 0 Å². The Balaban J connectivity index is 1.52. The Kier molecular flexibility index (Phi) is 5.99. The van der Waals surface area contributed by atoms with Gasteiger partial charge < -0.3 is 20.7 Å². The molecule has 0 spiro atoms. The number of benzene rings is 2. The van der Waals surface area contributed by atoms with E-state index < -0.39 is 12.1 Å². The Hall–Kier alpha value is -3.65. The third kappa shape index (κ3) is 4.92. The topological polar surface area (TPSA) is 96.5 Å². The molecule has 8 heteroatoms. The van der Waals surface area contributed by atoms with Crippen molar-refractivity contribution in [3.05, 3.63) is 76.5 Å². The minimum absolute atomic E-state index is 0.249. The Morgan fingerprint density at radius 2 is 1.94 bits per heavy atom. The fourth-order valence-electron chi connectivity index (χ4n) is 3.21. The van der Waals surface area contributed by atoms with Crippen molar-refractivity contribution in [2.45, 2.75) is 25.5 Å². The lowest BCUT2D eigenvalue weighted by atomic mass is 10.0. The molecular weight excluding hydrogens is 414 g/mol. The van der Waals surface area contributed by atoms with Gasteiger partial charge in [0.15, 0.2) is 6.10 Å². The number of fused-ring (bicyclic) bond motifs is 1. The molecule has 1 aliphatic heterocycles. The first-order chi connectivity index (χ1) is 15.0. The molecule has 2 atom stereocenters. The fourth-order valence-corrected chi connectivity index (χ4v) is 3.84. The summed E-state index contributed by atoms with van der Waals surface area (Å²) in [7, 11) is 0. The summed E-state index contributed by atoms with van der Waals surface area (Å²) in [5.74, 6) is -0.366. The highest BCUT2D eigenvalue weighted by atomic mass is 32.1. The first-order valence-corrected chi connectivity index (χ1v) is 10.7. The van der Waals surface area contributed by atoms with Crippen LogP contribution in [-0.4, -0.2) is 29.9 Å². The molecule has 7 nitrogen and oxygen atoms in total. The molecule has 3 aromatic rings. The van der Waals surface area contributed by atoms with Gasteiger partial charge in [0.2, 0.25) is 5.91 Å². The zero-order valence-electron chi connectivity index (χ0n) is 16.8. The number of amides is 3. The Morgan fingerprint density at radius 3 is 2.68 bits per heavy atom. The van der Waals surface area contributed by atoms with Crippen molar-refractivity contribution in [2.75, 3.05) is 10.6 Å². The van der Waals surface area contributed by atoms with E-state index in [2.05, 4.69) is 16.0 Å². The molecule has 0 bridgehead atoms. The summed E-state index contributed by atoms with van der Waals surface area (Å²) in [4.78, 5) is 38.0. The van der Waals surface area contributed by atoms with E-state index in [0.717, 1.165) is 5.56 Å². The lowest BCUT2D eigenvalue weighted by molar-refractivity contribution is -0.122. The maximum atomic E-state index is 13.1. The number of anilines is 2. The molecule has 1 aliphatic rings. The average Bonchev–Trinajstić information content (AvgIpc) is 3.30. The smallest absolute Gasteiger partial charge is 0.265 e. The predicted octanol–water partition coefficient (Wildman–Crippen LogP) is 3.45. The van der Waals surface area contributed by atoms with E-state index >= 15 is 0 Å². The van der Waals surface area contributed by atoms with Gasteiger partial charge in [-0.1, -0.05) is 36.4 Å². The number of rotatable bonds is 6. The van der Waals surface area contributed by atoms with E-state index in [1.807, 2.05) is 35.7 Å². The van der Waals surface area contributed by atoms with Crippen LogP contribution in [0.25, 0.3) is 0 Å². The van der Waals surface area contributed by atoms with Crippen molar-refractivity contribution in [3.8, 4) is 5.75 Å². The van der Waals surface area contributed by atoms with Gasteiger partial charge in [-0.3, -0.25) is 14.4 Å². The molecule has 0 radical (unpaired) electrons. The minimum Gasteiger partial charge on any atom is -0.479 e. The highest BCUT2D eigenvalue weighted by molar-refractivity contribution is 7.12. The van der Waals surface area contributed by atoms with Crippen LogP contribution < -0.4 is 20.7 Å². The van der Waals surface area contributed by atoms with E-state index in [1.165, 1.54) is 11.3 Å².